The van der Waals surface area contributed by atoms with Crippen LogP contribution in [0.5, 0.6) is 11.5 Å². The van der Waals surface area contributed by atoms with E-state index < -0.39 is 0 Å². The molecule has 0 bridgehead atoms. The molecule has 28 heavy (non-hydrogen) atoms. The average Bonchev–Trinajstić information content (AvgIpc) is 3.08. The number of carbonyl (C=O) groups excluding carboxylic acids is 2. The van der Waals surface area contributed by atoms with E-state index in [1.54, 1.807) is 30.9 Å². The minimum absolute atomic E-state index is 0.00565. The van der Waals surface area contributed by atoms with E-state index in [0.717, 1.165) is 11.1 Å². The molecular formula is C21H24N2O4S. The van der Waals surface area contributed by atoms with Crippen LogP contribution in [-0.2, 0) is 16.0 Å². The third kappa shape index (κ3) is 4.78. The fourth-order valence-corrected chi connectivity index (χ4v) is 4.30. The molecule has 0 aliphatic carbocycles. The summed E-state index contributed by atoms with van der Waals surface area (Å²) in [5.74, 6) is 1.58. The molecule has 2 aromatic carbocycles. The maximum atomic E-state index is 12.4. The van der Waals surface area contributed by atoms with Gasteiger partial charge >= 0.3 is 0 Å². The highest BCUT2D eigenvalue weighted by atomic mass is 32.2. The van der Waals surface area contributed by atoms with Gasteiger partial charge in [0.15, 0.2) is 11.5 Å². The van der Waals surface area contributed by atoms with Gasteiger partial charge in [-0.05, 0) is 29.7 Å². The maximum absolute atomic E-state index is 12.4. The van der Waals surface area contributed by atoms with E-state index in [-0.39, 0.29) is 23.7 Å². The van der Waals surface area contributed by atoms with Gasteiger partial charge in [-0.2, -0.15) is 0 Å². The summed E-state index contributed by atoms with van der Waals surface area (Å²) in [6.45, 7) is 0.552. The molecule has 0 spiro atoms. The van der Waals surface area contributed by atoms with Crippen LogP contribution in [0.25, 0.3) is 0 Å². The van der Waals surface area contributed by atoms with Crippen molar-refractivity contribution in [2.45, 2.75) is 11.8 Å². The predicted molar refractivity (Wildman–Crippen MR) is 110 cm³/mol. The molecule has 1 aliphatic rings. The number of thioether (sulfide) groups is 1. The molecule has 2 aromatic rings. The monoisotopic (exact) mass is 400 g/mol. The van der Waals surface area contributed by atoms with Crippen molar-refractivity contribution >= 4 is 23.6 Å². The fourth-order valence-electron chi connectivity index (χ4n) is 3.11. The lowest BCUT2D eigenvalue weighted by molar-refractivity contribution is -0.133. The van der Waals surface area contributed by atoms with Crippen LogP contribution in [0.3, 0.4) is 0 Å². The van der Waals surface area contributed by atoms with E-state index in [2.05, 4.69) is 5.32 Å². The zero-order chi connectivity index (χ0) is 19.9. The minimum atomic E-state index is -0.155. The maximum Gasteiger partial charge on any atom is 0.239 e. The Morgan fingerprint density at radius 1 is 1.14 bits per heavy atom. The Kier molecular flexibility index (Phi) is 6.81. The number of hydrogen-bond acceptors (Lipinski definition) is 5. The molecule has 148 valence electrons. The van der Waals surface area contributed by atoms with Gasteiger partial charge in [0.25, 0.3) is 0 Å². The molecule has 1 fully saturated rings. The summed E-state index contributed by atoms with van der Waals surface area (Å²) in [7, 11) is 3.19. The second-order valence-corrected chi connectivity index (χ2v) is 7.45. The topological polar surface area (TPSA) is 67.9 Å². The Morgan fingerprint density at radius 2 is 1.89 bits per heavy atom. The highest BCUT2D eigenvalue weighted by molar-refractivity contribution is 8.00. The van der Waals surface area contributed by atoms with Crippen molar-refractivity contribution in [1.82, 2.24) is 10.2 Å². The van der Waals surface area contributed by atoms with Crippen LogP contribution in [0, 0.1) is 0 Å². The van der Waals surface area contributed by atoms with E-state index in [1.165, 1.54) is 0 Å². The molecule has 0 aromatic heterocycles. The van der Waals surface area contributed by atoms with Gasteiger partial charge in [0, 0.05) is 6.54 Å². The predicted octanol–water partition coefficient (Wildman–Crippen LogP) is 2.64. The molecular weight excluding hydrogens is 376 g/mol. The molecule has 1 aliphatic heterocycles. The minimum Gasteiger partial charge on any atom is -0.493 e. The number of ether oxygens (including phenoxy) is 2. The normalized spacial score (nSPS) is 16.1. The van der Waals surface area contributed by atoms with Crippen LogP contribution < -0.4 is 14.8 Å². The second-order valence-electron chi connectivity index (χ2n) is 6.38. The van der Waals surface area contributed by atoms with Gasteiger partial charge < -0.3 is 19.7 Å². The molecule has 7 heteroatoms. The number of nitrogens with one attached hydrogen (secondary N) is 1. The Bertz CT molecular complexity index is 828. The lowest BCUT2D eigenvalue weighted by Gasteiger charge is -2.23. The Morgan fingerprint density at radius 3 is 2.61 bits per heavy atom. The third-order valence-electron chi connectivity index (χ3n) is 4.55. The van der Waals surface area contributed by atoms with Gasteiger partial charge in [-0.1, -0.05) is 36.4 Å². The molecule has 3 rings (SSSR count). The summed E-state index contributed by atoms with van der Waals surface area (Å²) >= 11 is 1.55. The third-order valence-corrected chi connectivity index (χ3v) is 5.81. The molecule has 0 saturated carbocycles. The van der Waals surface area contributed by atoms with Gasteiger partial charge in [0.2, 0.25) is 11.8 Å². The molecule has 2 amide bonds. The van der Waals surface area contributed by atoms with Crippen LogP contribution in [0.1, 0.15) is 16.5 Å². The first-order valence-electron chi connectivity index (χ1n) is 9.06. The summed E-state index contributed by atoms with van der Waals surface area (Å²) in [6.07, 6.45) is 0.664. The Labute approximate surface area is 169 Å². The summed E-state index contributed by atoms with van der Waals surface area (Å²) in [5.41, 5.74) is 2.07. The quantitative estimate of drug-likeness (QED) is 0.738. The number of nitrogens with zero attached hydrogens (tertiary/aromatic N) is 1. The second kappa shape index (κ2) is 9.50. The SMILES string of the molecule is COc1ccc(CCNC(=O)CN2C(=O)CSC2c2ccccc2)cc1OC. The van der Waals surface area contributed by atoms with Crippen molar-refractivity contribution in [2.24, 2.45) is 0 Å². The van der Waals surface area contributed by atoms with Gasteiger partial charge in [0.05, 0.1) is 20.0 Å². The van der Waals surface area contributed by atoms with Crippen LogP contribution in [0.15, 0.2) is 48.5 Å². The summed E-state index contributed by atoms with van der Waals surface area (Å²) in [6, 6.07) is 15.5. The van der Waals surface area contributed by atoms with Gasteiger partial charge in [0.1, 0.15) is 11.9 Å². The number of carbonyl (C=O) groups is 2. The van der Waals surface area contributed by atoms with E-state index in [4.69, 9.17) is 9.47 Å². The smallest absolute Gasteiger partial charge is 0.239 e. The van der Waals surface area contributed by atoms with Crippen LogP contribution in [-0.4, -0.2) is 49.8 Å². The Balaban J connectivity index is 1.53. The van der Waals surface area contributed by atoms with Gasteiger partial charge in [-0.15, -0.1) is 11.8 Å². The molecule has 1 heterocycles. The molecule has 1 saturated heterocycles. The highest BCUT2D eigenvalue weighted by Crippen LogP contribution is 2.38. The molecule has 1 N–H and O–H groups in total. The van der Waals surface area contributed by atoms with Crippen molar-refractivity contribution in [2.75, 3.05) is 33.1 Å². The Hall–Kier alpha value is -2.67. The number of amides is 2. The fraction of sp³-hybridized carbons (Fsp3) is 0.333. The van der Waals surface area contributed by atoms with Crippen molar-refractivity contribution in [3.05, 3.63) is 59.7 Å². The lowest BCUT2D eigenvalue weighted by Crippen LogP contribution is -2.39. The number of rotatable bonds is 8. The number of hydrogen-bond donors (Lipinski definition) is 1. The average molecular weight is 401 g/mol. The van der Waals surface area contributed by atoms with Crippen LogP contribution in [0.4, 0.5) is 0 Å². The number of methoxy groups -OCH3 is 2. The molecule has 0 radical (unpaired) electrons. The van der Waals surface area contributed by atoms with Crippen molar-refractivity contribution in [3.8, 4) is 11.5 Å². The molecule has 1 atom stereocenters. The van der Waals surface area contributed by atoms with Crippen molar-refractivity contribution in [3.63, 3.8) is 0 Å². The number of benzene rings is 2. The zero-order valence-corrected chi connectivity index (χ0v) is 16.8. The summed E-state index contributed by atoms with van der Waals surface area (Å²) < 4.78 is 10.5. The van der Waals surface area contributed by atoms with E-state index in [9.17, 15) is 9.59 Å². The van der Waals surface area contributed by atoms with E-state index in [1.807, 2.05) is 48.5 Å². The standard InChI is InChI=1S/C21H24N2O4S/c1-26-17-9-8-15(12-18(17)27-2)10-11-22-19(24)13-23-20(25)14-28-21(23)16-6-4-3-5-7-16/h3-9,12,21H,10-11,13-14H2,1-2H3,(H,22,24). The zero-order valence-electron chi connectivity index (χ0n) is 16.0. The summed E-state index contributed by atoms with van der Waals surface area (Å²) in [5, 5.41) is 2.80. The molecule has 1 unspecified atom stereocenters. The van der Waals surface area contributed by atoms with Crippen molar-refractivity contribution < 1.29 is 19.1 Å². The van der Waals surface area contributed by atoms with E-state index >= 15 is 0 Å². The van der Waals surface area contributed by atoms with Crippen molar-refractivity contribution in [1.29, 1.82) is 0 Å². The molecule has 6 nitrogen and oxygen atoms in total. The first kappa shape index (κ1) is 20.1. The first-order valence-corrected chi connectivity index (χ1v) is 10.1. The highest BCUT2D eigenvalue weighted by Gasteiger charge is 2.33. The van der Waals surface area contributed by atoms with Crippen LogP contribution >= 0.6 is 11.8 Å². The lowest BCUT2D eigenvalue weighted by atomic mass is 10.1. The van der Waals surface area contributed by atoms with Crippen LogP contribution in [0.2, 0.25) is 0 Å². The van der Waals surface area contributed by atoms with Gasteiger partial charge in [-0.25, -0.2) is 0 Å². The largest absolute Gasteiger partial charge is 0.493 e. The first-order chi connectivity index (χ1) is 13.6. The van der Waals surface area contributed by atoms with Gasteiger partial charge in [-0.3, -0.25) is 9.59 Å². The van der Waals surface area contributed by atoms with E-state index in [0.29, 0.717) is 30.2 Å². The summed E-state index contributed by atoms with van der Waals surface area (Å²) in [4.78, 5) is 26.2.